The highest BCUT2D eigenvalue weighted by Crippen LogP contribution is 2.57. The first-order valence-electron chi connectivity index (χ1n) is 10.3. The van der Waals surface area contributed by atoms with Crippen molar-refractivity contribution in [2.24, 2.45) is 5.92 Å². The number of hydrogen-bond donors (Lipinski definition) is 2. The monoisotopic (exact) mass is 407 g/mol. The molecule has 1 saturated carbocycles. The number of nitrogens with zero attached hydrogens (tertiary/aromatic N) is 1. The third-order valence-corrected chi connectivity index (χ3v) is 5.66. The highest BCUT2D eigenvalue weighted by atomic mass is 16.4. The van der Waals surface area contributed by atoms with Crippen LogP contribution in [0.1, 0.15) is 36.3 Å². The van der Waals surface area contributed by atoms with Gasteiger partial charge < -0.3 is 15.1 Å². The van der Waals surface area contributed by atoms with Crippen LogP contribution in [-0.4, -0.2) is 47.7 Å². The third kappa shape index (κ3) is 5.80. The number of rotatable bonds is 5. The first-order chi connectivity index (χ1) is 14.3. The molecule has 0 spiro atoms. The number of benzene rings is 1. The minimum absolute atomic E-state index is 0.558. The second-order valence-corrected chi connectivity index (χ2v) is 8.24. The van der Waals surface area contributed by atoms with Crippen LogP contribution in [0.4, 0.5) is 0 Å². The van der Waals surface area contributed by atoms with Gasteiger partial charge in [0.15, 0.2) is 0 Å². The van der Waals surface area contributed by atoms with Gasteiger partial charge in [-0.15, -0.1) is 0 Å². The zero-order valence-electron chi connectivity index (χ0n) is 17.5. The van der Waals surface area contributed by atoms with Crippen molar-refractivity contribution in [1.82, 2.24) is 4.90 Å². The van der Waals surface area contributed by atoms with E-state index in [1.54, 1.807) is 22.3 Å². The van der Waals surface area contributed by atoms with Gasteiger partial charge in [0.2, 0.25) is 0 Å². The standard InChI is InChI=1S/C21H25N.C4H4O4/c1-22(2)11-5-6-15-9-10-19-17(12-15)13-16-7-3-4-8-18(16)20-14-21(19)20;5-3(6)1-2-4(7)8/h3-4,6-8,10,12,20-21H,5,9,11,13-14H2,1-2H3;1-2H,(H,5,6)(H,7,8)/b;2-1-. The summed E-state index contributed by atoms with van der Waals surface area (Å²) in [6.45, 7) is 1.14. The van der Waals surface area contributed by atoms with Crippen LogP contribution in [0, 0.1) is 5.92 Å². The van der Waals surface area contributed by atoms with Crippen molar-refractivity contribution in [2.45, 2.75) is 31.6 Å². The van der Waals surface area contributed by atoms with E-state index >= 15 is 0 Å². The predicted octanol–water partition coefficient (Wildman–Crippen LogP) is 4.19. The molecule has 0 heterocycles. The lowest BCUT2D eigenvalue weighted by molar-refractivity contribution is -0.134. The van der Waals surface area contributed by atoms with E-state index in [9.17, 15) is 9.59 Å². The molecule has 3 aliphatic carbocycles. The van der Waals surface area contributed by atoms with Gasteiger partial charge in [0.05, 0.1) is 0 Å². The molecule has 1 fully saturated rings. The molecular formula is C25H29NO4. The molecule has 2 atom stereocenters. The summed E-state index contributed by atoms with van der Waals surface area (Å²) in [5.74, 6) is -0.911. The van der Waals surface area contributed by atoms with Gasteiger partial charge >= 0.3 is 11.9 Å². The lowest BCUT2D eigenvalue weighted by atomic mass is 9.88. The number of carbonyl (C=O) groups is 2. The van der Waals surface area contributed by atoms with Crippen LogP contribution in [0.3, 0.4) is 0 Å². The maximum Gasteiger partial charge on any atom is 0.328 e. The first kappa shape index (κ1) is 21.8. The summed E-state index contributed by atoms with van der Waals surface area (Å²) < 4.78 is 0. The minimum Gasteiger partial charge on any atom is -0.478 e. The van der Waals surface area contributed by atoms with Crippen LogP contribution in [0.2, 0.25) is 0 Å². The number of hydrogen-bond acceptors (Lipinski definition) is 3. The Hall–Kier alpha value is -2.92. The quantitative estimate of drug-likeness (QED) is 0.716. The fraction of sp³-hybridized carbons (Fsp3) is 0.360. The van der Waals surface area contributed by atoms with Crippen LogP contribution in [0.5, 0.6) is 0 Å². The van der Waals surface area contributed by atoms with Gasteiger partial charge in [0.1, 0.15) is 0 Å². The highest BCUT2D eigenvalue weighted by Gasteiger charge is 2.45. The average molecular weight is 408 g/mol. The Morgan fingerprint density at radius 1 is 1.10 bits per heavy atom. The van der Waals surface area contributed by atoms with Crippen molar-refractivity contribution in [3.05, 3.63) is 82.5 Å². The molecule has 5 heteroatoms. The fourth-order valence-corrected chi connectivity index (χ4v) is 4.21. The first-order valence-corrected chi connectivity index (χ1v) is 10.3. The van der Waals surface area contributed by atoms with Crippen LogP contribution in [0.25, 0.3) is 0 Å². The van der Waals surface area contributed by atoms with Crippen molar-refractivity contribution in [2.75, 3.05) is 20.6 Å². The van der Waals surface area contributed by atoms with E-state index in [1.165, 1.54) is 12.0 Å². The number of allylic oxidation sites excluding steroid dienone is 5. The molecule has 0 saturated heterocycles. The molecule has 5 nitrogen and oxygen atoms in total. The summed E-state index contributed by atoms with van der Waals surface area (Å²) in [4.78, 5) is 21.4. The number of carboxylic acids is 2. The predicted molar refractivity (Wildman–Crippen MR) is 117 cm³/mol. The molecule has 158 valence electrons. The average Bonchev–Trinajstić information content (AvgIpc) is 3.48. The summed E-state index contributed by atoms with van der Waals surface area (Å²) in [5.41, 5.74) is 7.92. The molecule has 1 aromatic rings. The molecule has 30 heavy (non-hydrogen) atoms. The van der Waals surface area contributed by atoms with Gasteiger partial charge in [-0.1, -0.05) is 42.5 Å². The Morgan fingerprint density at radius 3 is 2.47 bits per heavy atom. The van der Waals surface area contributed by atoms with Crippen LogP contribution < -0.4 is 0 Å². The van der Waals surface area contributed by atoms with Gasteiger partial charge in [0, 0.05) is 18.7 Å². The Balaban J connectivity index is 0.000000275. The minimum atomic E-state index is -1.26. The molecule has 0 amide bonds. The largest absolute Gasteiger partial charge is 0.478 e. The van der Waals surface area contributed by atoms with Gasteiger partial charge in [-0.3, -0.25) is 0 Å². The molecule has 4 rings (SSSR count). The van der Waals surface area contributed by atoms with E-state index in [0.29, 0.717) is 12.2 Å². The number of aliphatic carboxylic acids is 2. The summed E-state index contributed by atoms with van der Waals surface area (Å²) >= 11 is 0. The van der Waals surface area contributed by atoms with Gasteiger partial charge in [-0.05, 0) is 79.5 Å². The third-order valence-electron chi connectivity index (χ3n) is 5.66. The van der Waals surface area contributed by atoms with Crippen molar-refractivity contribution < 1.29 is 19.8 Å². The maximum absolute atomic E-state index is 9.55. The Bertz CT molecular complexity index is 920. The fourth-order valence-electron chi connectivity index (χ4n) is 4.21. The summed E-state index contributed by atoms with van der Waals surface area (Å²) in [6.07, 6.45) is 13.3. The van der Waals surface area contributed by atoms with Gasteiger partial charge in [-0.25, -0.2) is 9.59 Å². The molecule has 0 aliphatic heterocycles. The van der Waals surface area contributed by atoms with E-state index in [0.717, 1.165) is 37.6 Å². The van der Waals surface area contributed by atoms with Crippen LogP contribution in [-0.2, 0) is 16.0 Å². The van der Waals surface area contributed by atoms with Crippen LogP contribution in [0.15, 0.2) is 71.4 Å². The lowest BCUT2D eigenvalue weighted by Gasteiger charge is -2.17. The lowest BCUT2D eigenvalue weighted by Crippen LogP contribution is -2.12. The van der Waals surface area contributed by atoms with E-state index in [1.807, 2.05) is 0 Å². The molecule has 1 aromatic carbocycles. The molecular weight excluding hydrogens is 378 g/mol. The zero-order chi connectivity index (χ0) is 21.7. The maximum atomic E-state index is 9.55. The Morgan fingerprint density at radius 2 is 1.80 bits per heavy atom. The van der Waals surface area contributed by atoms with Gasteiger partial charge in [-0.2, -0.15) is 0 Å². The van der Waals surface area contributed by atoms with Crippen LogP contribution >= 0.6 is 0 Å². The number of fused-ring (bicyclic) bond motifs is 5. The molecule has 0 radical (unpaired) electrons. The normalized spacial score (nSPS) is 22.7. The van der Waals surface area contributed by atoms with Crippen molar-refractivity contribution in [3.63, 3.8) is 0 Å². The van der Waals surface area contributed by atoms with E-state index < -0.39 is 11.9 Å². The topological polar surface area (TPSA) is 77.8 Å². The zero-order valence-corrected chi connectivity index (χ0v) is 17.5. The second kappa shape index (κ2) is 9.72. The summed E-state index contributed by atoms with van der Waals surface area (Å²) in [6, 6.07) is 9.09. The Labute approximate surface area is 177 Å². The SMILES string of the molecule is CN(C)CCC=C1C=C2Cc3ccccc3C3CC3C2=CC1.O=C(O)/C=C\C(=O)O. The van der Waals surface area contributed by atoms with Crippen molar-refractivity contribution >= 4 is 11.9 Å². The summed E-state index contributed by atoms with van der Waals surface area (Å²) in [7, 11) is 4.29. The van der Waals surface area contributed by atoms with E-state index in [2.05, 4.69) is 61.5 Å². The molecule has 0 bridgehead atoms. The second-order valence-electron chi connectivity index (χ2n) is 8.24. The Kier molecular flexibility index (Phi) is 7.06. The summed E-state index contributed by atoms with van der Waals surface area (Å²) in [5, 5.41) is 15.6. The van der Waals surface area contributed by atoms with Crippen molar-refractivity contribution in [3.8, 4) is 0 Å². The molecule has 0 aromatic heterocycles. The highest BCUT2D eigenvalue weighted by molar-refractivity contribution is 5.89. The smallest absolute Gasteiger partial charge is 0.328 e. The molecule has 3 aliphatic rings. The molecule has 2 N–H and O–H groups in total. The van der Waals surface area contributed by atoms with Gasteiger partial charge in [0.25, 0.3) is 0 Å². The van der Waals surface area contributed by atoms with E-state index in [4.69, 9.17) is 10.2 Å². The number of carboxylic acid groups (broad SMARTS) is 2. The van der Waals surface area contributed by atoms with Crippen molar-refractivity contribution in [1.29, 1.82) is 0 Å². The molecule has 2 unspecified atom stereocenters. The van der Waals surface area contributed by atoms with E-state index in [-0.39, 0.29) is 0 Å².